The van der Waals surface area contributed by atoms with Gasteiger partial charge >= 0.3 is 0 Å². The van der Waals surface area contributed by atoms with Gasteiger partial charge in [0.15, 0.2) is 0 Å². The van der Waals surface area contributed by atoms with Gasteiger partial charge in [-0.15, -0.1) is 0 Å². The second-order valence-electron chi connectivity index (χ2n) is 6.08. The molecule has 0 spiro atoms. The summed E-state index contributed by atoms with van der Waals surface area (Å²) in [5.74, 6) is 1.08. The van der Waals surface area contributed by atoms with Crippen LogP contribution in [0.1, 0.15) is 31.2 Å². The van der Waals surface area contributed by atoms with Gasteiger partial charge in [0, 0.05) is 31.0 Å². The summed E-state index contributed by atoms with van der Waals surface area (Å²) in [5, 5.41) is 3.70. The number of nitrogens with one attached hydrogen (secondary N) is 1. The Hall–Kier alpha value is -2.33. The number of hydrogen-bond donors (Lipinski definition) is 1. The fourth-order valence-electron chi connectivity index (χ4n) is 2.89. The molecule has 0 atom stereocenters. The number of fused-ring (bicyclic) bond motifs is 1. The van der Waals surface area contributed by atoms with E-state index in [1.807, 2.05) is 49.4 Å². The highest BCUT2D eigenvalue weighted by atomic mass is 35.5. The van der Waals surface area contributed by atoms with Crippen LogP contribution < -0.4 is 5.32 Å². The monoisotopic (exact) mass is 355 g/mol. The molecule has 0 aliphatic carbocycles. The number of hydrogen-bond acceptors (Lipinski definition) is 2. The molecule has 1 amide bonds. The number of nitrogens with zero attached hydrogens (tertiary/aromatic N) is 2. The molecule has 0 fully saturated rings. The average molecular weight is 356 g/mol. The standard InChI is InChI=1S/C20H22ClN3O/c1-2-5-20(25)22-13-12-19-23-17-6-3-4-7-18(17)24(19)14-15-8-10-16(21)11-9-15/h3-4,6-11H,2,5,12-14H2,1H3,(H,22,25). The summed E-state index contributed by atoms with van der Waals surface area (Å²) in [5.41, 5.74) is 3.25. The summed E-state index contributed by atoms with van der Waals surface area (Å²) < 4.78 is 2.21. The van der Waals surface area contributed by atoms with Gasteiger partial charge < -0.3 is 9.88 Å². The molecule has 1 N–H and O–H groups in total. The molecule has 1 heterocycles. The lowest BCUT2D eigenvalue weighted by Gasteiger charge is -2.10. The van der Waals surface area contributed by atoms with E-state index in [0.717, 1.165) is 34.8 Å². The van der Waals surface area contributed by atoms with E-state index in [1.165, 1.54) is 5.56 Å². The van der Waals surface area contributed by atoms with Crippen molar-refractivity contribution in [1.29, 1.82) is 0 Å². The van der Waals surface area contributed by atoms with Crippen LogP contribution in [0.5, 0.6) is 0 Å². The number of carbonyl (C=O) groups is 1. The van der Waals surface area contributed by atoms with Crippen LogP contribution in [0.15, 0.2) is 48.5 Å². The predicted molar refractivity (Wildman–Crippen MR) is 102 cm³/mol. The molecule has 5 heteroatoms. The normalized spacial score (nSPS) is 11.0. The van der Waals surface area contributed by atoms with Gasteiger partial charge in [-0.2, -0.15) is 0 Å². The van der Waals surface area contributed by atoms with Gasteiger partial charge in [0.2, 0.25) is 5.91 Å². The van der Waals surface area contributed by atoms with E-state index in [4.69, 9.17) is 16.6 Å². The van der Waals surface area contributed by atoms with Crippen LogP contribution in [0.25, 0.3) is 11.0 Å². The number of benzene rings is 2. The Morgan fingerprint density at radius 3 is 2.68 bits per heavy atom. The van der Waals surface area contributed by atoms with E-state index in [1.54, 1.807) is 0 Å². The van der Waals surface area contributed by atoms with Crippen LogP contribution in [0.2, 0.25) is 5.02 Å². The average Bonchev–Trinajstić information content (AvgIpc) is 2.95. The van der Waals surface area contributed by atoms with Crippen molar-refractivity contribution in [2.75, 3.05) is 6.54 Å². The zero-order valence-corrected chi connectivity index (χ0v) is 15.1. The minimum atomic E-state index is 0.0999. The summed E-state index contributed by atoms with van der Waals surface area (Å²) in [4.78, 5) is 16.4. The lowest BCUT2D eigenvalue weighted by molar-refractivity contribution is -0.121. The Morgan fingerprint density at radius 2 is 1.92 bits per heavy atom. The maximum absolute atomic E-state index is 11.7. The van der Waals surface area contributed by atoms with Crippen LogP contribution in [0, 0.1) is 0 Å². The number of carbonyl (C=O) groups excluding carboxylic acids is 1. The molecule has 0 saturated heterocycles. The molecule has 3 aromatic rings. The molecule has 1 aromatic heterocycles. The smallest absolute Gasteiger partial charge is 0.219 e. The first kappa shape index (κ1) is 17.5. The number of amides is 1. The van der Waals surface area contributed by atoms with Crippen LogP contribution in [-0.4, -0.2) is 22.0 Å². The van der Waals surface area contributed by atoms with Crippen molar-refractivity contribution in [2.45, 2.75) is 32.7 Å². The second-order valence-corrected chi connectivity index (χ2v) is 6.52. The van der Waals surface area contributed by atoms with Crippen LogP contribution in [0.3, 0.4) is 0 Å². The number of para-hydroxylation sites is 2. The van der Waals surface area contributed by atoms with Gasteiger partial charge in [0.1, 0.15) is 5.82 Å². The van der Waals surface area contributed by atoms with Crippen molar-refractivity contribution >= 4 is 28.5 Å². The molecule has 4 nitrogen and oxygen atoms in total. The van der Waals surface area contributed by atoms with Crippen molar-refractivity contribution < 1.29 is 4.79 Å². The largest absolute Gasteiger partial charge is 0.356 e. The third-order valence-electron chi connectivity index (χ3n) is 4.14. The highest BCUT2D eigenvalue weighted by molar-refractivity contribution is 6.30. The van der Waals surface area contributed by atoms with Gasteiger partial charge in [0.05, 0.1) is 11.0 Å². The summed E-state index contributed by atoms with van der Waals surface area (Å²) in [6, 6.07) is 16.0. The third kappa shape index (κ3) is 4.40. The van der Waals surface area contributed by atoms with Crippen LogP contribution >= 0.6 is 11.6 Å². The Labute approximate surface area is 152 Å². The third-order valence-corrected chi connectivity index (χ3v) is 4.39. The fraction of sp³-hybridized carbons (Fsp3) is 0.300. The molecule has 0 unspecified atom stereocenters. The van der Waals surface area contributed by atoms with Crippen LogP contribution in [-0.2, 0) is 17.8 Å². The van der Waals surface area contributed by atoms with E-state index in [9.17, 15) is 4.79 Å². The molecule has 0 radical (unpaired) electrons. The second kappa shape index (κ2) is 8.17. The number of aromatic nitrogens is 2. The van der Waals surface area contributed by atoms with Crippen molar-refractivity contribution in [2.24, 2.45) is 0 Å². The van der Waals surface area contributed by atoms with Gasteiger partial charge in [-0.25, -0.2) is 4.98 Å². The van der Waals surface area contributed by atoms with Gasteiger partial charge in [-0.1, -0.05) is 42.8 Å². The zero-order chi connectivity index (χ0) is 17.6. The first-order valence-corrected chi connectivity index (χ1v) is 9.00. The Bertz CT molecular complexity index is 855. The molecule has 130 valence electrons. The van der Waals surface area contributed by atoms with Crippen molar-refractivity contribution in [3.05, 3.63) is 64.9 Å². The summed E-state index contributed by atoms with van der Waals surface area (Å²) >= 11 is 5.98. The van der Waals surface area contributed by atoms with E-state index in [2.05, 4.69) is 16.0 Å². The molecule has 25 heavy (non-hydrogen) atoms. The summed E-state index contributed by atoms with van der Waals surface area (Å²) in [6.07, 6.45) is 2.14. The maximum atomic E-state index is 11.7. The number of rotatable bonds is 7. The molecule has 0 aliphatic heterocycles. The highest BCUT2D eigenvalue weighted by Crippen LogP contribution is 2.19. The Kier molecular flexibility index (Phi) is 5.71. The molecular formula is C20H22ClN3O. The van der Waals surface area contributed by atoms with Gasteiger partial charge in [-0.3, -0.25) is 4.79 Å². The molecule has 0 aliphatic rings. The van der Waals surface area contributed by atoms with Crippen molar-refractivity contribution in [3.8, 4) is 0 Å². The highest BCUT2D eigenvalue weighted by Gasteiger charge is 2.11. The quantitative estimate of drug-likeness (QED) is 0.690. The minimum absolute atomic E-state index is 0.0999. The first-order chi connectivity index (χ1) is 12.2. The maximum Gasteiger partial charge on any atom is 0.219 e. The number of imidazole rings is 1. The van der Waals surface area contributed by atoms with E-state index < -0.39 is 0 Å². The Balaban J connectivity index is 1.81. The first-order valence-electron chi connectivity index (χ1n) is 8.62. The van der Waals surface area contributed by atoms with Gasteiger partial charge in [0.25, 0.3) is 0 Å². The molecular weight excluding hydrogens is 334 g/mol. The SMILES string of the molecule is CCCC(=O)NCCc1nc2ccccc2n1Cc1ccc(Cl)cc1. The minimum Gasteiger partial charge on any atom is -0.356 e. The van der Waals surface area contributed by atoms with E-state index in [0.29, 0.717) is 19.4 Å². The molecule has 2 aromatic carbocycles. The van der Waals surface area contributed by atoms with E-state index in [-0.39, 0.29) is 5.91 Å². The van der Waals surface area contributed by atoms with Gasteiger partial charge in [-0.05, 0) is 36.2 Å². The van der Waals surface area contributed by atoms with Crippen molar-refractivity contribution in [3.63, 3.8) is 0 Å². The lowest BCUT2D eigenvalue weighted by Crippen LogP contribution is -2.26. The summed E-state index contributed by atoms with van der Waals surface area (Å²) in [6.45, 7) is 3.34. The van der Waals surface area contributed by atoms with Crippen molar-refractivity contribution in [1.82, 2.24) is 14.9 Å². The topological polar surface area (TPSA) is 46.9 Å². The number of halogens is 1. The fourth-order valence-corrected chi connectivity index (χ4v) is 3.02. The lowest BCUT2D eigenvalue weighted by atomic mass is 10.2. The van der Waals surface area contributed by atoms with Crippen LogP contribution in [0.4, 0.5) is 0 Å². The Morgan fingerprint density at radius 1 is 1.16 bits per heavy atom. The predicted octanol–water partition coefficient (Wildman–Crippen LogP) is 4.20. The molecule has 0 saturated carbocycles. The molecule has 0 bridgehead atoms. The van der Waals surface area contributed by atoms with E-state index >= 15 is 0 Å². The molecule has 3 rings (SSSR count). The summed E-state index contributed by atoms with van der Waals surface area (Å²) in [7, 11) is 0. The zero-order valence-electron chi connectivity index (χ0n) is 14.3.